The third-order valence-electron chi connectivity index (χ3n) is 4.92. The molecule has 25 heavy (non-hydrogen) atoms. The number of nitrogens with zero attached hydrogens (tertiary/aromatic N) is 3. The van der Waals surface area contributed by atoms with Crippen molar-refractivity contribution in [1.82, 2.24) is 9.47 Å². The van der Waals surface area contributed by atoms with Crippen LogP contribution in [0.25, 0.3) is 10.9 Å². The van der Waals surface area contributed by atoms with Gasteiger partial charge in [0.05, 0.1) is 22.6 Å². The average Bonchev–Trinajstić information content (AvgIpc) is 2.65. The highest BCUT2D eigenvalue weighted by Crippen LogP contribution is 2.40. The molecule has 1 aromatic heterocycles. The van der Waals surface area contributed by atoms with Gasteiger partial charge in [0, 0.05) is 36.5 Å². The highest BCUT2D eigenvalue weighted by Gasteiger charge is 2.28. The number of ether oxygens (including phenoxy) is 1. The van der Waals surface area contributed by atoms with Crippen LogP contribution in [0.4, 0.5) is 5.69 Å². The predicted octanol–water partition coefficient (Wildman–Crippen LogP) is 1.40. The second-order valence-corrected chi connectivity index (χ2v) is 6.53. The number of carboxylic acid groups (broad SMARTS) is 1. The predicted molar refractivity (Wildman–Crippen MR) is 95.1 cm³/mol. The molecular formula is C18H21N3O4. The number of piperazine rings is 1. The van der Waals surface area contributed by atoms with Crippen molar-refractivity contribution < 1.29 is 18.8 Å². The monoisotopic (exact) mass is 346 g/mol. The number of aromatic carboxylic acids is 1. The molecule has 2 aliphatic rings. The van der Waals surface area contributed by atoms with E-state index in [0.29, 0.717) is 49.4 Å². The van der Waals surface area contributed by atoms with Crippen molar-refractivity contribution in [2.45, 2.75) is 13.0 Å². The summed E-state index contributed by atoms with van der Waals surface area (Å²) in [6.45, 7) is 1.99. The molecule has 7 heteroatoms. The first-order chi connectivity index (χ1) is 13.2. The van der Waals surface area contributed by atoms with E-state index in [1.165, 1.54) is 11.1 Å². The molecule has 0 aliphatic carbocycles. The molecule has 1 atom stereocenters. The van der Waals surface area contributed by atoms with Crippen LogP contribution in [0.5, 0.6) is 5.75 Å². The van der Waals surface area contributed by atoms with E-state index in [9.17, 15) is 14.7 Å². The van der Waals surface area contributed by atoms with Gasteiger partial charge in [-0.15, -0.1) is 0 Å². The van der Waals surface area contributed by atoms with Gasteiger partial charge in [-0.2, -0.15) is 0 Å². The van der Waals surface area contributed by atoms with E-state index in [1.807, 2.05) is 11.8 Å². The first-order valence-electron chi connectivity index (χ1n) is 9.76. The van der Waals surface area contributed by atoms with Gasteiger partial charge in [-0.3, -0.25) is 4.79 Å². The SMILES string of the molecule is [2H]C([2H])([2H])N1CCN(c2ccc3c(=O)c(C(=O)O)cn4c3c2OC[C@@H]4C)CC1. The van der Waals surface area contributed by atoms with E-state index >= 15 is 0 Å². The van der Waals surface area contributed by atoms with Crippen LogP contribution in [-0.4, -0.2) is 60.3 Å². The number of anilines is 1. The molecule has 1 N–H and O–H groups in total. The van der Waals surface area contributed by atoms with Crippen LogP contribution in [-0.2, 0) is 0 Å². The van der Waals surface area contributed by atoms with E-state index in [0.717, 1.165) is 5.69 Å². The summed E-state index contributed by atoms with van der Waals surface area (Å²) in [7, 11) is 0. The number of carbonyl (C=O) groups is 1. The lowest BCUT2D eigenvalue weighted by Crippen LogP contribution is -2.44. The van der Waals surface area contributed by atoms with Gasteiger partial charge in [-0.25, -0.2) is 4.79 Å². The van der Waals surface area contributed by atoms with Gasteiger partial charge < -0.3 is 24.2 Å². The number of pyridine rings is 1. The van der Waals surface area contributed by atoms with Gasteiger partial charge >= 0.3 is 5.97 Å². The second kappa shape index (κ2) is 5.77. The van der Waals surface area contributed by atoms with Crippen molar-refractivity contribution in [1.29, 1.82) is 0 Å². The maximum Gasteiger partial charge on any atom is 0.341 e. The lowest BCUT2D eigenvalue weighted by Gasteiger charge is -2.36. The van der Waals surface area contributed by atoms with Gasteiger partial charge in [-0.05, 0) is 26.0 Å². The Bertz CT molecular complexity index is 1010. The van der Waals surface area contributed by atoms with E-state index in [2.05, 4.69) is 0 Å². The molecule has 2 aromatic rings. The molecule has 7 nitrogen and oxygen atoms in total. The third kappa shape index (κ3) is 2.46. The topological polar surface area (TPSA) is 75.0 Å². The van der Waals surface area contributed by atoms with Crippen LogP contribution in [0.15, 0.2) is 23.1 Å². The standard InChI is InChI=1S/C18H21N3O4/c1-11-10-25-17-14(20-7-5-19(2)6-8-20)4-3-12-15(17)21(11)9-13(16(12)22)18(23)24/h3-4,9,11H,5-8,10H2,1-2H3,(H,23,24)/t11-/m0/s1/i2D3. The summed E-state index contributed by atoms with van der Waals surface area (Å²) in [5, 5.41) is 9.68. The number of aromatic nitrogens is 1. The third-order valence-corrected chi connectivity index (χ3v) is 4.92. The Morgan fingerprint density at radius 2 is 2.08 bits per heavy atom. The Balaban J connectivity index is 1.80. The van der Waals surface area contributed by atoms with E-state index in [4.69, 9.17) is 8.85 Å². The number of likely N-dealkylation sites (N-methyl/N-ethyl adjacent to an activating group) is 1. The quantitative estimate of drug-likeness (QED) is 0.886. The zero-order valence-corrected chi connectivity index (χ0v) is 13.9. The number of hydrogen-bond donors (Lipinski definition) is 1. The molecule has 0 spiro atoms. The summed E-state index contributed by atoms with van der Waals surface area (Å²) < 4.78 is 30.4. The summed E-state index contributed by atoms with van der Waals surface area (Å²) in [6.07, 6.45) is 1.39. The molecule has 0 saturated carbocycles. The molecule has 3 heterocycles. The molecule has 0 unspecified atom stereocenters. The second-order valence-electron chi connectivity index (χ2n) is 6.53. The van der Waals surface area contributed by atoms with Crippen molar-refractivity contribution in [3.8, 4) is 5.75 Å². The Labute approximate surface area is 149 Å². The van der Waals surface area contributed by atoms with Gasteiger partial charge in [0.2, 0.25) is 5.43 Å². The van der Waals surface area contributed by atoms with Crippen molar-refractivity contribution >= 4 is 22.6 Å². The molecule has 0 amide bonds. The molecule has 1 fully saturated rings. The van der Waals surface area contributed by atoms with Crippen LogP contribution < -0.4 is 15.1 Å². The molecule has 132 valence electrons. The number of benzene rings is 1. The molecule has 1 saturated heterocycles. The van der Waals surface area contributed by atoms with Crippen LogP contribution in [0.3, 0.4) is 0 Å². The molecule has 0 bridgehead atoms. The fraction of sp³-hybridized carbons (Fsp3) is 0.444. The van der Waals surface area contributed by atoms with Crippen LogP contribution in [0.2, 0.25) is 0 Å². The molecule has 4 rings (SSSR count). The Hall–Kier alpha value is -2.54. The van der Waals surface area contributed by atoms with Crippen LogP contribution >= 0.6 is 0 Å². The highest BCUT2D eigenvalue weighted by molar-refractivity contribution is 5.97. The maximum atomic E-state index is 12.6. The lowest BCUT2D eigenvalue weighted by atomic mass is 10.1. The van der Waals surface area contributed by atoms with Crippen molar-refractivity contribution in [3.05, 3.63) is 34.1 Å². The average molecular weight is 346 g/mol. The number of rotatable bonds is 2. The highest BCUT2D eigenvalue weighted by atomic mass is 16.5. The van der Waals surface area contributed by atoms with E-state index in [1.54, 1.807) is 16.7 Å². The first kappa shape index (κ1) is 12.8. The fourth-order valence-corrected chi connectivity index (χ4v) is 3.53. The summed E-state index contributed by atoms with van der Waals surface area (Å²) in [5.74, 6) is -0.701. The fourth-order valence-electron chi connectivity index (χ4n) is 3.53. The molecular weight excluding hydrogens is 322 g/mol. The molecule has 2 aliphatic heterocycles. The van der Waals surface area contributed by atoms with Gasteiger partial charge in [0.25, 0.3) is 0 Å². The number of carboxylic acids is 1. The van der Waals surface area contributed by atoms with E-state index in [-0.39, 0.29) is 11.6 Å². The van der Waals surface area contributed by atoms with Crippen molar-refractivity contribution in [3.63, 3.8) is 0 Å². The minimum Gasteiger partial charge on any atom is -0.487 e. The van der Waals surface area contributed by atoms with Crippen LogP contribution in [0, 0.1) is 0 Å². The van der Waals surface area contributed by atoms with Crippen molar-refractivity contribution in [2.75, 3.05) is 44.7 Å². The maximum absolute atomic E-state index is 12.6. The van der Waals surface area contributed by atoms with Gasteiger partial charge in [0.1, 0.15) is 12.2 Å². The Morgan fingerprint density at radius 3 is 2.76 bits per heavy atom. The first-order valence-corrected chi connectivity index (χ1v) is 8.26. The zero-order valence-electron chi connectivity index (χ0n) is 16.9. The minimum absolute atomic E-state index is 0.114. The molecule has 1 aromatic carbocycles. The summed E-state index contributed by atoms with van der Waals surface area (Å²) >= 11 is 0. The normalized spacial score (nSPS) is 22.8. The van der Waals surface area contributed by atoms with E-state index < -0.39 is 18.4 Å². The zero-order chi connectivity index (χ0) is 20.2. The van der Waals surface area contributed by atoms with Gasteiger partial charge in [-0.1, -0.05) is 0 Å². The van der Waals surface area contributed by atoms with Crippen LogP contribution in [0.1, 0.15) is 27.4 Å². The number of hydrogen-bond acceptors (Lipinski definition) is 5. The summed E-state index contributed by atoms with van der Waals surface area (Å²) in [4.78, 5) is 27.6. The summed E-state index contributed by atoms with van der Waals surface area (Å²) in [6, 6.07) is 3.28. The van der Waals surface area contributed by atoms with Gasteiger partial charge in [0.15, 0.2) is 5.75 Å². The Kier molecular flexibility index (Phi) is 2.95. The van der Waals surface area contributed by atoms with Crippen molar-refractivity contribution in [2.24, 2.45) is 0 Å². The smallest absolute Gasteiger partial charge is 0.341 e. The molecule has 0 radical (unpaired) electrons. The minimum atomic E-state index is -2.11. The Morgan fingerprint density at radius 1 is 1.32 bits per heavy atom. The summed E-state index contributed by atoms with van der Waals surface area (Å²) in [5.41, 5.74) is 0.591. The largest absolute Gasteiger partial charge is 0.487 e. The lowest BCUT2D eigenvalue weighted by molar-refractivity contribution is 0.0694.